The van der Waals surface area contributed by atoms with Crippen LogP contribution in [0.3, 0.4) is 0 Å². The fourth-order valence-electron chi connectivity index (χ4n) is 3.33. The number of nitrogens with zero attached hydrogens (tertiary/aromatic N) is 2. The maximum Gasteiger partial charge on any atom is 0.292 e. The Morgan fingerprint density at radius 3 is 2.64 bits per heavy atom. The fourth-order valence-corrected chi connectivity index (χ4v) is 3.79. The molecule has 0 bridgehead atoms. The molecule has 1 aliphatic heterocycles. The van der Waals surface area contributed by atoms with Crippen molar-refractivity contribution in [3.05, 3.63) is 78.5 Å². The van der Waals surface area contributed by atoms with Crippen LogP contribution in [0.4, 0.5) is 28.8 Å². The summed E-state index contributed by atoms with van der Waals surface area (Å²) in [6, 6.07) is 10.2. The van der Waals surface area contributed by atoms with Gasteiger partial charge < -0.3 is 16.0 Å². The second-order valence-corrected chi connectivity index (χ2v) is 7.84. The van der Waals surface area contributed by atoms with Crippen molar-refractivity contribution in [2.45, 2.75) is 12.3 Å². The maximum absolute atomic E-state index is 12.9. The predicted octanol–water partition coefficient (Wildman–Crippen LogP) is 3.79. The highest BCUT2D eigenvalue weighted by Gasteiger charge is 2.35. The molecule has 1 atom stereocenters. The minimum absolute atomic E-state index is 0.0250. The van der Waals surface area contributed by atoms with E-state index >= 15 is 0 Å². The topological polar surface area (TPSA) is 159 Å². The van der Waals surface area contributed by atoms with Gasteiger partial charge in [0, 0.05) is 17.5 Å². The van der Waals surface area contributed by atoms with E-state index in [4.69, 9.17) is 23.2 Å². The predicted molar refractivity (Wildman–Crippen MR) is 122 cm³/mol. The summed E-state index contributed by atoms with van der Waals surface area (Å²) in [5.41, 5.74) is -0.719. The van der Waals surface area contributed by atoms with Gasteiger partial charge in [-0.2, -0.15) is 4.98 Å². The van der Waals surface area contributed by atoms with Gasteiger partial charge in [0.15, 0.2) is 0 Å². The number of H-pyrrole nitrogens is 1. The lowest BCUT2D eigenvalue weighted by molar-refractivity contribution is -0.383. The van der Waals surface area contributed by atoms with E-state index in [-0.39, 0.29) is 40.1 Å². The number of nitro groups is 1. The zero-order valence-electron chi connectivity index (χ0n) is 16.5. The molecule has 11 nitrogen and oxygen atoms in total. The molecule has 2 aromatic carbocycles. The van der Waals surface area contributed by atoms with Crippen LogP contribution in [-0.2, 0) is 9.59 Å². The monoisotopic (exact) mass is 488 g/mol. The van der Waals surface area contributed by atoms with Crippen LogP contribution in [0.2, 0.25) is 10.0 Å². The van der Waals surface area contributed by atoms with Crippen LogP contribution in [-0.4, -0.2) is 26.7 Å². The van der Waals surface area contributed by atoms with E-state index in [1.165, 1.54) is 30.3 Å². The van der Waals surface area contributed by atoms with Gasteiger partial charge in [0.1, 0.15) is 11.5 Å². The quantitative estimate of drug-likeness (QED) is 0.313. The Bertz CT molecular complexity index is 1360. The molecule has 0 fully saturated rings. The molecule has 1 aromatic heterocycles. The number of para-hydroxylation sites is 2. The Morgan fingerprint density at radius 2 is 1.91 bits per heavy atom. The Hall–Kier alpha value is -3.96. The Balaban J connectivity index is 1.66. The van der Waals surface area contributed by atoms with Gasteiger partial charge >= 0.3 is 0 Å². The van der Waals surface area contributed by atoms with E-state index in [0.717, 1.165) is 0 Å². The van der Waals surface area contributed by atoms with Gasteiger partial charge in [-0.3, -0.25) is 29.5 Å². The number of hydrogen-bond acceptors (Lipinski definition) is 7. The number of aromatic nitrogens is 2. The Labute approximate surface area is 195 Å². The summed E-state index contributed by atoms with van der Waals surface area (Å²) in [5.74, 6) is -2.64. The van der Waals surface area contributed by atoms with Crippen molar-refractivity contribution in [2.75, 3.05) is 16.0 Å². The molecule has 0 aliphatic carbocycles. The second kappa shape index (κ2) is 8.88. The third-order valence-electron chi connectivity index (χ3n) is 4.81. The number of rotatable bonds is 5. The summed E-state index contributed by atoms with van der Waals surface area (Å²) < 4.78 is 0. The number of anilines is 4. The minimum Gasteiger partial charge on any atom is -0.324 e. The van der Waals surface area contributed by atoms with E-state index in [9.17, 15) is 24.5 Å². The molecule has 168 valence electrons. The van der Waals surface area contributed by atoms with Crippen molar-refractivity contribution in [3.63, 3.8) is 0 Å². The van der Waals surface area contributed by atoms with Crippen molar-refractivity contribution in [2.24, 2.45) is 0 Å². The molecule has 0 radical (unpaired) electrons. The lowest BCUT2D eigenvalue weighted by atomic mass is 9.92. The molecule has 33 heavy (non-hydrogen) atoms. The summed E-state index contributed by atoms with van der Waals surface area (Å²) in [4.78, 5) is 55.3. The number of hydrogen-bond donors (Lipinski definition) is 4. The van der Waals surface area contributed by atoms with Crippen LogP contribution in [0.15, 0.2) is 47.3 Å². The van der Waals surface area contributed by atoms with Gasteiger partial charge in [-0.15, -0.1) is 0 Å². The largest absolute Gasteiger partial charge is 0.324 e. The van der Waals surface area contributed by atoms with Crippen LogP contribution < -0.4 is 21.5 Å². The average Bonchev–Trinajstić information content (AvgIpc) is 2.75. The zero-order valence-corrected chi connectivity index (χ0v) is 18.0. The third kappa shape index (κ3) is 4.64. The normalized spacial score (nSPS) is 14.7. The smallest absolute Gasteiger partial charge is 0.292 e. The van der Waals surface area contributed by atoms with Gasteiger partial charge in [-0.25, -0.2) is 0 Å². The number of nitrogens with one attached hydrogen (secondary N) is 4. The standard InChI is InChI=1S/C20H14Cl2N6O5/c21-9-5-6-12(11(22)7-9)24-20-26-17-16(19(31)27-20)10(8-15(29)25-17)18(30)23-13-3-1-2-4-14(13)28(32)33/h1-7,10H,8H2,(H,23,30)(H3,24,25,26,27,29,31). The molecule has 0 spiro atoms. The molecule has 0 saturated heterocycles. The number of nitro benzene ring substituents is 1. The molecule has 2 amide bonds. The van der Waals surface area contributed by atoms with Gasteiger partial charge in [-0.05, 0) is 24.3 Å². The number of halogens is 2. The number of carbonyl (C=O) groups is 2. The first-order valence-corrected chi connectivity index (χ1v) is 10.2. The van der Waals surface area contributed by atoms with E-state index in [1.807, 2.05) is 0 Å². The summed E-state index contributed by atoms with van der Waals surface area (Å²) in [5, 5.41) is 19.6. The summed E-state index contributed by atoms with van der Waals surface area (Å²) in [6.07, 6.45) is -0.333. The molecule has 1 unspecified atom stereocenters. The molecular weight excluding hydrogens is 475 g/mol. The third-order valence-corrected chi connectivity index (χ3v) is 5.36. The molecule has 2 heterocycles. The average molecular weight is 489 g/mol. The zero-order chi connectivity index (χ0) is 23.7. The number of aromatic amines is 1. The van der Waals surface area contributed by atoms with Crippen molar-refractivity contribution < 1.29 is 14.5 Å². The maximum atomic E-state index is 12.9. The molecule has 4 rings (SSSR count). The van der Waals surface area contributed by atoms with Crippen molar-refractivity contribution in [3.8, 4) is 0 Å². The van der Waals surface area contributed by atoms with E-state index < -0.39 is 28.2 Å². The first-order valence-electron chi connectivity index (χ1n) is 9.43. The molecular formula is C20H14Cl2N6O5. The molecule has 4 N–H and O–H groups in total. The van der Waals surface area contributed by atoms with E-state index in [0.29, 0.717) is 10.7 Å². The van der Waals surface area contributed by atoms with Gasteiger partial charge in [0.05, 0.1) is 27.1 Å². The summed E-state index contributed by atoms with van der Waals surface area (Å²) in [7, 11) is 0. The summed E-state index contributed by atoms with van der Waals surface area (Å²) >= 11 is 12.0. The van der Waals surface area contributed by atoms with Crippen LogP contribution in [0.25, 0.3) is 0 Å². The number of fused-ring (bicyclic) bond motifs is 1. The van der Waals surface area contributed by atoms with E-state index in [2.05, 4.69) is 25.9 Å². The van der Waals surface area contributed by atoms with Crippen LogP contribution in [0, 0.1) is 10.1 Å². The Morgan fingerprint density at radius 1 is 1.15 bits per heavy atom. The lowest BCUT2D eigenvalue weighted by Crippen LogP contribution is -2.36. The number of carbonyl (C=O) groups excluding carboxylic acids is 2. The second-order valence-electron chi connectivity index (χ2n) is 6.99. The Kier molecular flexibility index (Phi) is 5.99. The van der Waals surface area contributed by atoms with Crippen LogP contribution in [0.1, 0.15) is 17.9 Å². The molecule has 13 heteroatoms. The van der Waals surface area contributed by atoms with Crippen molar-refractivity contribution >= 4 is 63.8 Å². The first kappa shape index (κ1) is 22.2. The minimum atomic E-state index is -1.21. The van der Waals surface area contributed by atoms with Crippen LogP contribution in [0.5, 0.6) is 0 Å². The summed E-state index contributed by atoms with van der Waals surface area (Å²) in [6.45, 7) is 0. The van der Waals surface area contributed by atoms with Gasteiger partial charge in [0.25, 0.3) is 11.2 Å². The van der Waals surface area contributed by atoms with Gasteiger partial charge in [-0.1, -0.05) is 35.3 Å². The highest BCUT2D eigenvalue weighted by molar-refractivity contribution is 6.36. The SMILES string of the molecule is O=C1CC(C(=O)Nc2ccccc2[N+](=O)[O-])c2c(nc(Nc3ccc(Cl)cc3Cl)[nH]c2=O)N1. The fraction of sp³-hybridized carbons (Fsp3) is 0.100. The first-order chi connectivity index (χ1) is 15.7. The van der Waals surface area contributed by atoms with Crippen molar-refractivity contribution in [1.82, 2.24) is 9.97 Å². The van der Waals surface area contributed by atoms with E-state index in [1.54, 1.807) is 12.1 Å². The number of amides is 2. The molecule has 1 aliphatic rings. The van der Waals surface area contributed by atoms with Crippen LogP contribution >= 0.6 is 23.2 Å². The number of benzene rings is 2. The molecule has 0 saturated carbocycles. The van der Waals surface area contributed by atoms with Gasteiger partial charge in [0.2, 0.25) is 17.8 Å². The highest BCUT2D eigenvalue weighted by Crippen LogP contribution is 2.32. The van der Waals surface area contributed by atoms with Crippen molar-refractivity contribution in [1.29, 1.82) is 0 Å². The highest BCUT2D eigenvalue weighted by atomic mass is 35.5. The molecule has 3 aromatic rings. The lowest BCUT2D eigenvalue weighted by Gasteiger charge is -2.23.